The standard InChI is InChI=1S/C35H36FN9O/c1-45(2)11-10-39-26-13-23(12-25(36)16-26)29-19-38-20-31-32(29)42-34(41-31)33-28-15-22(8-9-30(28)43-44-33)24-14-27(18-37-17-24)40-35(46)21-6-4-3-5-7-21/h8-9,12-21,39H,3-7,10-11H2,1-2H3,(H,40,46)(H,41,42)(H,43,44). The lowest BCUT2D eigenvalue weighted by Crippen LogP contribution is -2.24. The van der Waals surface area contributed by atoms with Crippen molar-refractivity contribution in [1.82, 2.24) is 35.0 Å². The smallest absolute Gasteiger partial charge is 0.227 e. The quantitative estimate of drug-likeness (QED) is 0.140. The molecule has 0 radical (unpaired) electrons. The van der Waals surface area contributed by atoms with Crippen molar-refractivity contribution >= 4 is 39.2 Å². The van der Waals surface area contributed by atoms with Gasteiger partial charge in [-0.05, 0) is 74.5 Å². The molecule has 1 aliphatic carbocycles. The Morgan fingerprint density at radius 3 is 2.59 bits per heavy atom. The van der Waals surface area contributed by atoms with Crippen molar-refractivity contribution in [3.63, 3.8) is 0 Å². The average molecular weight is 618 g/mol. The number of imidazole rings is 1. The van der Waals surface area contributed by atoms with Gasteiger partial charge in [-0.25, -0.2) is 9.37 Å². The van der Waals surface area contributed by atoms with Crippen LogP contribution in [0.4, 0.5) is 15.8 Å². The van der Waals surface area contributed by atoms with Crippen LogP contribution in [0.3, 0.4) is 0 Å². The van der Waals surface area contributed by atoms with E-state index in [1.54, 1.807) is 24.8 Å². The normalized spacial score (nSPS) is 13.9. The van der Waals surface area contributed by atoms with E-state index in [9.17, 15) is 9.18 Å². The Labute approximate surface area is 265 Å². The highest BCUT2D eigenvalue weighted by Gasteiger charge is 2.21. The first kappa shape index (κ1) is 29.5. The van der Waals surface area contributed by atoms with Gasteiger partial charge in [-0.15, -0.1) is 0 Å². The Morgan fingerprint density at radius 1 is 0.913 bits per heavy atom. The number of benzene rings is 2. The number of anilines is 2. The maximum atomic E-state index is 14.7. The molecule has 10 nitrogen and oxygen atoms in total. The molecule has 0 bridgehead atoms. The number of amides is 1. The zero-order valence-electron chi connectivity index (χ0n) is 25.9. The number of carbonyl (C=O) groups excluding carboxylic acids is 1. The second-order valence-corrected chi connectivity index (χ2v) is 12.2. The summed E-state index contributed by atoms with van der Waals surface area (Å²) in [5.41, 5.74) is 7.49. The van der Waals surface area contributed by atoms with Crippen LogP contribution in [0, 0.1) is 11.7 Å². The van der Waals surface area contributed by atoms with E-state index in [4.69, 9.17) is 4.98 Å². The van der Waals surface area contributed by atoms with Gasteiger partial charge in [0.2, 0.25) is 5.91 Å². The molecule has 46 heavy (non-hydrogen) atoms. The number of halogens is 1. The summed E-state index contributed by atoms with van der Waals surface area (Å²) in [6.45, 7) is 1.51. The van der Waals surface area contributed by atoms with Crippen molar-refractivity contribution in [2.24, 2.45) is 5.92 Å². The number of likely N-dealkylation sites (N-methyl/N-ethyl adjacent to an activating group) is 1. The van der Waals surface area contributed by atoms with Gasteiger partial charge in [-0.1, -0.05) is 25.3 Å². The van der Waals surface area contributed by atoms with Gasteiger partial charge in [-0.3, -0.25) is 19.9 Å². The molecule has 0 atom stereocenters. The summed E-state index contributed by atoms with van der Waals surface area (Å²) in [5.74, 6) is 0.366. The first-order valence-electron chi connectivity index (χ1n) is 15.7. The van der Waals surface area contributed by atoms with Crippen LogP contribution in [0.1, 0.15) is 32.1 Å². The summed E-state index contributed by atoms with van der Waals surface area (Å²) in [5, 5.41) is 15.0. The summed E-state index contributed by atoms with van der Waals surface area (Å²) >= 11 is 0. The SMILES string of the molecule is CN(C)CCNc1cc(F)cc(-c2cncc3[nH]c(-c4n[nH]c5ccc(-c6cncc(NC(=O)C7CCCCC7)c6)cc45)nc23)c1. The van der Waals surface area contributed by atoms with Gasteiger partial charge in [0.25, 0.3) is 0 Å². The molecule has 1 amide bonds. The number of carbonyl (C=O) groups is 1. The number of rotatable bonds is 9. The van der Waals surface area contributed by atoms with Crippen LogP contribution >= 0.6 is 0 Å². The van der Waals surface area contributed by atoms with E-state index in [2.05, 4.69) is 40.7 Å². The molecule has 11 heteroatoms. The second kappa shape index (κ2) is 12.7. The van der Waals surface area contributed by atoms with Crippen molar-refractivity contribution in [3.05, 3.63) is 73.1 Å². The molecule has 6 aromatic rings. The van der Waals surface area contributed by atoms with E-state index in [0.717, 1.165) is 59.8 Å². The fourth-order valence-corrected chi connectivity index (χ4v) is 6.18. The minimum Gasteiger partial charge on any atom is -0.384 e. The van der Waals surface area contributed by atoms with E-state index in [1.165, 1.54) is 18.6 Å². The van der Waals surface area contributed by atoms with E-state index >= 15 is 0 Å². The number of hydrogen-bond donors (Lipinski definition) is 4. The van der Waals surface area contributed by atoms with Gasteiger partial charge in [0.1, 0.15) is 11.5 Å². The lowest BCUT2D eigenvalue weighted by atomic mass is 9.88. The zero-order valence-corrected chi connectivity index (χ0v) is 25.9. The highest BCUT2D eigenvalue weighted by atomic mass is 19.1. The minimum atomic E-state index is -0.337. The third kappa shape index (κ3) is 6.18. The van der Waals surface area contributed by atoms with Crippen molar-refractivity contribution in [2.45, 2.75) is 32.1 Å². The highest BCUT2D eigenvalue weighted by Crippen LogP contribution is 2.34. The molecule has 0 saturated heterocycles. The lowest BCUT2D eigenvalue weighted by molar-refractivity contribution is -0.120. The molecule has 4 heterocycles. The molecule has 234 valence electrons. The Balaban J connectivity index is 1.19. The Bertz CT molecular complexity index is 2030. The molecule has 7 rings (SSSR count). The molecule has 1 aliphatic rings. The summed E-state index contributed by atoms with van der Waals surface area (Å²) in [6.07, 6.45) is 12.2. The first-order valence-corrected chi connectivity index (χ1v) is 15.7. The molecular weight excluding hydrogens is 581 g/mol. The fourth-order valence-electron chi connectivity index (χ4n) is 6.18. The first-order chi connectivity index (χ1) is 22.4. The van der Waals surface area contributed by atoms with Crippen molar-refractivity contribution in [2.75, 3.05) is 37.8 Å². The Morgan fingerprint density at radius 2 is 1.74 bits per heavy atom. The number of H-pyrrole nitrogens is 2. The van der Waals surface area contributed by atoms with Crippen LogP contribution in [0.5, 0.6) is 0 Å². The third-order valence-electron chi connectivity index (χ3n) is 8.59. The van der Waals surface area contributed by atoms with Gasteiger partial charge in [0.05, 0.1) is 34.6 Å². The number of nitrogens with one attached hydrogen (secondary N) is 4. The molecule has 0 spiro atoms. The van der Waals surface area contributed by atoms with Crippen LogP contribution in [0.15, 0.2) is 67.3 Å². The number of pyridine rings is 2. The van der Waals surface area contributed by atoms with Gasteiger partial charge < -0.3 is 20.5 Å². The van der Waals surface area contributed by atoms with E-state index in [-0.39, 0.29) is 17.6 Å². The van der Waals surface area contributed by atoms with Gasteiger partial charge in [0.15, 0.2) is 5.82 Å². The van der Waals surface area contributed by atoms with Crippen LogP contribution in [0.2, 0.25) is 0 Å². The van der Waals surface area contributed by atoms with Crippen molar-refractivity contribution in [1.29, 1.82) is 0 Å². The van der Waals surface area contributed by atoms with E-state index in [1.807, 2.05) is 44.4 Å². The molecule has 4 aromatic heterocycles. The molecule has 1 saturated carbocycles. The molecule has 4 N–H and O–H groups in total. The highest BCUT2D eigenvalue weighted by molar-refractivity contribution is 5.98. The largest absolute Gasteiger partial charge is 0.384 e. The molecule has 0 unspecified atom stereocenters. The Kier molecular flexibility index (Phi) is 8.15. The van der Waals surface area contributed by atoms with Gasteiger partial charge in [-0.2, -0.15) is 5.10 Å². The number of hydrogen-bond acceptors (Lipinski definition) is 7. The molecular formula is C35H36FN9O. The monoisotopic (exact) mass is 617 g/mol. The van der Waals surface area contributed by atoms with E-state index in [0.29, 0.717) is 46.1 Å². The lowest BCUT2D eigenvalue weighted by Gasteiger charge is -2.20. The summed E-state index contributed by atoms with van der Waals surface area (Å²) < 4.78 is 14.7. The predicted molar refractivity (Wildman–Crippen MR) is 180 cm³/mol. The third-order valence-corrected chi connectivity index (χ3v) is 8.59. The van der Waals surface area contributed by atoms with Crippen LogP contribution in [-0.4, -0.2) is 68.1 Å². The average Bonchev–Trinajstić information content (AvgIpc) is 3.69. The predicted octanol–water partition coefficient (Wildman–Crippen LogP) is 6.86. The maximum Gasteiger partial charge on any atom is 0.227 e. The van der Waals surface area contributed by atoms with Crippen LogP contribution in [-0.2, 0) is 4.79 Å². The molecule has 2 aromatic carbocycles. The summed E-state index contributed by atoms with van der Waals surface area (Å²) in [4.78, 5) is 32.1. The zero-order chi connectivity index (χ0) is 31.6. The number of aromatic amines is 2. The van der Waals surface area contributed by atoms with Crippen molar-refractivity contribution in [3.8, 4) is 33.8 Å². The Hall–Kier alpha value is -5.16. The number of nitrogens with zero attached hydrogens (tertiary/aromatic N) is 5. The number of aromatic nitrogens is 6. The topological polar surface area (TPSA) is 128 Å². The summed E-state index contributed by atoms with van der Waals surface area (Å²) in [7, 11) is 4.00. The van der Waals surface area contributed by atoms with E-state index < -0.39 is 0 Å². The maximum absolute atomic E-state index is 14.7. The van der Waals surface area contributed by atoms with Gasteiger partial charge in [0, 0.05) is 53.6 Å². The van der Waals surface area contributed by atoms with Crippen molar-refractivity contribution < 1.29 is 9.18 Å². The minimum absolute atomic E-state index is 0.0643. The summed E-state index contributed by atoms with van der Waals surface area (Å²) in [6, 6.07) is 12.9. The van der Waals surface area contributed by atoms with Gasteiger partial charge >= 0.3 is 0 Å². The second-order valence-electron chi connectivity index (χ2n) is 12.2. The molecule has 0 aliphatic heterocycles. The molecule has 1 fully saturated rings. The van der Waals surface area contributed by atoms with Crippen LogP contribution in [0.25, 0.3) is 55.7 Å². The number of fused-ring (bicyclic) bond motifs is 2. The van der Waals surface area contributed by atoms with Crippen LogP contribution < -0.4 is 10.6 Å². The fraction of sp³-hybridized carbons (Fsp3) is 0.286.